The Bertz CT molecular complexity index is 916. The third-order valence-electron chi connectivity index (χ3n) is 4.36. The number of amidine groups is 1. The number of rotatable bonds is 8. The fraction of sp³-hybridized carbons (Fsp3) is 0.333. The Morgan fingerprint density at radius 3 is 2.52 bits per heavy atom. The number of nitrogen functional groups attached to an aromatic ring is 1. The molecule has 0 spiro atoms. The summed E-state index contributed by atoms with van der Waals surface area (Å²) in [5.74, 6) is -0.360. The predicted molar refractivity (Wildman–Crippen MR) is 127 cm³/mol. The van der Waals surface area contributed by atoms with Gasteiger partial charge >= 0.3 is 6.03 Å². The molecular weight excluding hydrogens is 414 g/mol. The van der Waals surface area contributed by atoms with Gasteiger partial charge in [-0.25, -0.2) is 4.79 Å². The van der Waals surface area contributed by atoms with Crippen LogP contribution >= 0.6 is 11.8 Å². The van der Waals surface area contributed by atoms with Crippen molar-refractivity contribution in [3.8, 4) is 0 Å². The predicted octanol–water partition coefficient (Wildman–Crippen LogP) is 2.47. The second-order valence-corrected chi connectivity index (χ2v) is 7.93. The van der Waals surface area contributed by atoms with Crippen LogP contribution in [0.25, 0.3) is 0 Å². The van der Waals surface area contributed by atoms with Gasteiger partial charge in [0.1, 0.15) is 5.69 Å². The lowest BCUT2D eigenvalue weighted by Gasteiger charge is -2.21. The van der Waals surface area contributed by atoms with Gasteiger partial charge in [0.15, 0.2) is 5.17 Å². The van der Waals surface area contributed by atoms with Crippen LogP contribution < -0.4 is 16.8 Å². The summed E-state index contributed by atoms with van der Waals surface area (Å²) in [5, 5.41) is 2.96. The van der Waals surface area contributed by atoms with E-state index in [1.165, 1.54) is 11.8 Å². The molecule has 9 nitrogen and oxygen atoms in total. The van der Waals surface area contributed by atoms with E-state index in [2.05, 4.69) is 20.2 Å². The van der Waals surface area contributed by atoms with Crippen molar-refractivity contribution in [3.63, 3.8) is 0 Å². The maximum absolute atomic E-state index is 12.5. The smallest absolute Gasteiger partial charge is 0.346 e. The van der Waals surface area contributed by atoms with E-state index in [4.69, 9.17) is 11.5 Å². The van der Waals surface area contributed by atoms with Gasteiger partial charge in [-0.05, 0) is 57.1 Å². The third kappa shape index (κ3) is 7.91. The summed E-state index contributed by atoms with van der Waals surface area (Å²) in [4.78, 5) is 36.8. The summed E-state index contributed by atoms with van der Waals surface area (Å²) in [5.41, 5.74) is 13.6. The average Bonchev–Trinajstić information content (AvgIpc) is 2.74. The zero-order valence-electron chi connectivity index (χ0n) is 18.0. The lowest BCUT2D eigenvalue weighted by Crippen LogP contribution is -2.32. The first-order valence-electron chi connectivity index (χ1n) is 9.72. The van der Waals surface area contributed by atoms with Crippen LogP contribution in [0.4, 0.5) is 16.2 Å². The van der Waals surface area contributed by atoms with Gasteiger partial charge in [0, 0.05) is 19.3 Å². The van der Waals surface area contributed by atoms with Crippen LogP contribution in [0.3, 0.4) is 0 Å². The van der Waals surface area contributed by atoms with Crippen molar-refractivity contribution in [3.05, 3.63) is 53.9 Å². The molecule has 0 bridgehead atoms. The number of para-hydroxylation sites is 2. The minimum Gasteiger partial charge on any atom is -0.397 e. The monoisotopic (exact) mass is 443 g/mol. The van der Waals surface area contributed by atoms with E-state index in [-0.39, 0.29) is 16.8 Å². The molecule has 0 atom stereocenters. The standard InChI is InChI=1S/C21H29N7O2S/c1-27(2)11-6-12-28(21(30)26-20(23)31-3)14-15-9-10-18(24-13-15)19(29)25-17-8-5-4-7-16(17)22/h4-5,7-10,13H,6,11-12,14,22H2,1-3H3,(H,25,29)(H2,23,26,30). The fourth-order valence-electron chi connectivity index (χ4n) is 2.70. The van der Waals surface area contributed by atoms with Crippen LogP contribution in [0.1, 0.15) is 22.5 Å². The van der Waals surface area contributed by atoms with Crippen molar-refractivity contribution in [2.45, 2.75) is 13.0 Å². The molecule has 31 heavy (non-hydrogen) atoms. The van der Waals surface area contributed by atoms with Crippen molar-refractivity contribution in [2.75, 3.05) is 44.5 Å². The molecule has 0 saturated heterocycles. The minimum atomic E-state index is -0.396. The number of urea groups is 1. The Morgan fingerprint density at radius 2 is 1.90 bits per heavy atom. The van der Waals surface area contributed by atoms with Gasteiger partial charge in [0.25, 0.3) is 5.91 Å². The zero-order valence-corrected chi connectivity index (χ0v) is 18.9. The van der Waals surface area contributed by atoms with Crippen LogP contribution in [0, 0.1) is 0 Å². The maximum atomic E-state index is 12.5. The van der Waals surface area contributed by atoms with Gasteiger partial charge in [-0.2, -0.15) is 4.99 Å². The lowest BCUT2D eigenvalue weighted by atomic mass is 10.2. The topological polar surface area (TPSA) is 130 Å². The van der Waals surface area contributed by atoms with Gasteiger partial charge in [-0.1, -0.05) is 30.0 Å². The molecule has 0 saturated carbocycles. The number of amides is 3. The number of anilines is 2. The normalized spacial score (nSPS) is 11.4. The number of aliphatic imine (C=N–C) groups is 1. The van der Waals surface area contributed by atoms with E-state index in [1.807, 2.05) is 14.1 Å². The molecule has 3 amide bonds. The van der Waals surface area contributed by atoms with Crippen molar-refractivity contribution >= 4 is 40.2 Å². The zero-order chi connectivity index (χ0) is 22.8. The van der Waals surface area contributed by atoms with Gasteiger partial charge in [0.05, 0.1) is 11.4 Å². The van der Waals surface area contributed by atoms with Crippen molar-refractivity contribution in [2.24, 2.45) is 10.7 Å². The number of pyridine rings is 1. The number of nitrogens with zero attached hydrogens (tertiary/aromatic N) is 4. The Kier molecular flexibility index (Phi) is 9.29. The number of nitrogens with one attached hydrogen (secondary N) is 1. The molecule has 0 aliphatic heterocycles. The number of thioether (sulfide) groups is 1. The average molecular weight is 444 g/mol. The number of aromatic nitrogens is 1. The van der Waals surface area contributed by atoms with Crippen molar-refractivity contribution in [1.82, 2.24) is 14.8 Å². The second-order valence-electron chi connectivity index (χ2n) is 7.11. The molecular formula is C21H29N7O2S. The third-order valence-corrected chi connectivity index (χ3v) is 4.87. The van der Waals surface area contributed by atoms with E-state index >= 15 is 0 Å². The summed E-state index contributed by atoms with van der Waals surface area (Å²) < 4.78 is 0. The number of hydrogen-bond acceptors (Lipinski definition) is 6. The summed E-state index contributed by atoms with van der Waals surface area (Å²) in [6.45, 7) is 1.68. The first-order valence-corrected chi connectivity index (χ1v) is 10.9. The number of hydrogen-bond donors (Lipinski definition) is 3. The quantitative estimate of drug-likeness (QED) is 0.324. The van der Waals surface area contributed by atoms with E-state index in [9.17, 15) is 9.59 Å². The largest absolute Gasteiger partial charge is 0.397 e. The first kappa shape index (κ1) is 24.2. The van der Waals surface area contributed by atoms with Gasteiger partial charge in [-0.3, -0.25) is 9.78 Å². The van der Waals surface area contributed by atoms with Crippen LogP contribution in [-0.4, -0.2) is 65.3 Å². The molecule has 166 valence electrons. The van der Waals surface area contributed by atoms with E-state index < -0.39 is 6.03 Å². The van der Waals surface area contributed by atoms with Crippen LogP contribution in [0.15, 0.2) is 47.6 Å². The van der Waals surface area contributed by atoms with E-state index in [0.717, 1.165) is 18.5 Å². The Morgan fingerprint density at radius 1 is 1.16 bits per heavy atom. The van der Waals surface area contributed by atoms with Gasteiger partial charge in [0.2, 0.25) is 0 Å². The molecule has 0 aliphatic carbocycles. The Labute approximate surface area is 186 Å². The highest BCUT2D eigenvalue weighted by atomic mass is 32.2. The van der Waals surface area contributed by atoms with Crippen LogP contribution in [-0.2, 0) is 6.54 Å². The number of carbonyl (C=O) groups is 2. The summed E-state index contributed by atoms with van der Waals surface area (Å²) >= 11 is 1.22. The molecule has 0 fully saturated rings. The summed E-state index contributed by atoms with van der Waals surface area (Å²) in [6, 6.07) is 10.00. The minimum absolute atomic E-state index is 0.216. The van der Waals surface area contributed by atoms with Crippen LogP contribution in [0.2, 0.25) is 0 Å². The highest BCUT2D eigenvalue weighted by Gasteiger charge is 2.15. The number of nitrogens with two attached hydrogens (primary N) is 2. The molecule has 2 rings (SSSR count). The fourth-order valence-corrected chi connectivity index (χ4v) is 2.87. The Hall–Kier alpha value is -3.11. The molecule has 1 aromatic heterocycles. The first-order chi connectivity index (χ1) is 14.8. The molecule has 1 aromatic carbocycles. The molecule has 1 heterocycles. The second kappa shape index (κ2) is 11.9. The lowest BCUT2D eigenvalue weighted by molar-refractivity contribution is 0.102. The highest BCUT2D eigenvalue weighted by Crippen LogP contribution is 2.17. The number of carbonyl (C=O) groups excluding carboxylic acids is 2. The summed E-state index contributed by atoms with van der Waals surface area (Å²) in [7, 11) is 3.96. The molecule has 2 aromatic rings. The SMILES string of the molecule is CS/C(N)=N\C(=O)N(CCCN(C)C)Cc1ccc(C(=O)Nc2ccccc2N)nc1. The molecule has 0 aliphatic rings. The van der Waals surface area contributed by atoms with Crippen LogP contribution in [0.5, 0.6) is 0 Å². The number of benzene rings is 1. The van der Waals surface area contributed by atoms with Gasteiger partial charge in [-0.15, -0.1) is 0 Å². The van der Waals surface area contributed by atoms with Crippen molar-refractivity contribution < 1.29 is 9.59 Å². The van der Waals surface area contributed by atoms with Crippen molar-refractivity contribution in [1.29, 1.82) is 0 Å². The Balaban J connectivity index is 2.07. The molecule has 0 unspecified atom stereocenters. The molecule has 10 heteroatoms. The van der Waals surface area contributed by atoms with E-state index in [0.29, 0.717) is 24.5 Å². The summed E-state index contributed by atoms with van der Waals surface area (Å²) in [6.07, 6.45) is 4.14. The molecule has 5 N–H and O–H groups in total. The highest BCUT2D eigenvalue weighted by molar-refractivity contribution is 8.13. The van der Waals surface area contributed by atoms with Gasteiger partial charge < -0.3 is 26.6 Å². The maximum Gasteiger partial charge on any atom is 0.346 e. The van der Waals surface area contributed by atoms with E-state index in [1.54, 1.807) is 53.8 Å². The molecule has 0 radical (unpaired) electrons.